The van der Waals surface area contributed by atoms with E-state index in [1.54, 1.807) is 64.2 Å². The van der Waals surface area contributed by atoms with Crippen LogP contribution in [0.2, 0.25) is 0 Å². The van der Waals surface area contributed by atoms with Crippen LogP contribution >= 0.6 is 7.60 Å². The van der Waals surface area contributed by atoms with Gasteiger partial charge in [-0.25, -0.2) is 9.36 Å². The van der Waals surface area contributed by atoms with Gasteiger partial charge in [0, 0.05) is 12.1 Å². The summed E-state index contributed by atoms with van der Waals surface area (Å²) in [4.78, 5) is 12.0. The molecule has 3 aromatic rings. The number of para-hydroxylation sites is 2. The fourth-order valence-electron chi connectivity index (χ4n) is 3.14. The first kappa shape index (κ1) is 25.3. The van der Waals surface area contributed by atoms with E-state index in [-0.39, 0.29) is 0 Å². The second kappa shape index (κ2) is 11.2. The van der Waals surface area contributed by atoms with Crippen LogP contribution in [0.15, 0.2) is 84.9 Å². The SMILES string of the molecule is CNC(Cc1ccc(NC(=O)OC(C)(C)C)cc1)P(=O)(Oc1ccccc1)Oc1ccccc1. The molecule has 1 unspecified atom stereocenters. The average Bonchev–Trinajstić information content (AvgIpc) is 2.78. The van der Waals surface area contributed by atoms with Crippen molar-refractivity contribution in [1.29, 1.82) is 0 Å². The van der Waals surface area contributed by atoms with Gasteiger partial charge in [-0.3, -0.25) is 5.32 Å². The Kier molecular flexibility index (Phi) is 8.37. The molecule has 0 fully saturated rings. The molecule has 3 aromatic carbocycles. The van der Waals surface area contributed by atoms with Crippen molar-refractivity contribution in [3.63, 3.8) is 0 Å². The van der Waals surface area contributed by atoms with Crippen LogP contribution in [0.3, 0.4) is 0 Å². The van der Waals surface area contributed by atoms with Crippen molar-refractivity contribution in [2.24, 2.45) is 0 Å². The fourth-order valence-corrected chi connectivity index (χ4v) is 5.02. The normalized spacial score (nSPS) is 12.5. The molecular weight excluding hydrogens is 451 g/mol. The van der Waals surface area contributed by atoms with E-state index in [9.17, 15) is 9.36 Å². The van der Waals surface area contributed by atoms with Gasteiger partial charge in [-0.05, 0) is 69.8 Å². The Morgan fingerprint density at radius 1 is 0.853 bits per heavy atom. The maximum absolute atomic E-state index is 14.1. The third-order valence-electron chi connectivity index (χ3n) is 4.69. The van der Waals surface area contributed by atoms with Crippen molar-refractivity contribution in [3.05, 3.63) is 90.5 Å². The van der Waals surface area contributed by atoms with Crippen molar-refractivity contribution in [2.75, 3.05) is 12.4 Å². The van der Waals surface area contributed by atoms with E-state index >= 15 is 0 Å². The number of hydrogen-bond donors (Lipinski definition) is 2. The first-order chi connectivity index (χ1) is 16.2. The van der Waals surface area contributed by atoms with Crippen LogP contribution in [0.25, 0.3) is 0 Å². The highest BCUT2D eigenvalue weighted by Gasteiger charge is 2.38. The number of nitrogens with one attached hydrogen (secondary N) is 2. The molecule has 0 spiro atoms. The maximum atomic E-state index is 14.1. The highest BCUT2D eigenvalue weighted by molar-refractivity contribution is 7.55. The Balaban J connectivity index is 1.77. The standard InChI is InChI=1S/C26H31N2O5P/c1-26(2,3)31-25(29)28-21-17-15-20(16-18-21)19-24(27-4)34(30,32-22-11-7-5-8-12-22)33-23-13-9-6-10-14-23/h5-18,24,27H,19H2,1-4H3,(H,28,29). The highest BCUT2D eigenvalue weighted by Crippen LogP contribution is 2.52. The Labute approximate surface area is 201 Å². The van der Waals surface area contributed by atoms with Crippen LogP contribution < -0.4 is 19.7 Å². The van der Waals surface area contributed by atoms with E-state index < -0.39 is 25.1 Å². The van der Waals surface area contributed by atoms with Crippen molar-refractivity contribution in [2.45, 2.75) is 38.6 Å². The summed E-state index contributed by atoms with van der Waals surface area (Å²) in [6.07, 6.45) is -0.148. The number of carbonyl (C=O) groups excluding carboxylic acids is 1. The van der Waals surface area contributed by atoms with E-state index in [2.05, 4.69) is 10.6 Å². The predicted octanol–water partition coefficient (Wildman–Crippen LogP) is 6.47. The Morgan fingerprint density at radius 3 is 1.79 bits per heavy atom. The number of amides is 1. The van der Waals surface area contributed by atoms with Crippen LogP contribution in [0, 0.1) is 0 Å². The van der Waals surface area contributed by atoms with Gasteiger partial charge in [-0.15, -0.1) is 0 Å². The molecule has 0 aliphatic rings. The maximum Gasteiger partial charge on any atom is 0.447 e. The molecule has 1 atom stereocenters. The summed E-state index contributed by atoms with van der Waals surface area (Å²) in [6, 6.07) is 25.2. The van der Waals surface area contributed by atoms with Gasteiger partial charge in [0.1, 0.15) is 22.9 Å². The van der Waals surface area contributed by atoms with Crippen molar-refractivity contribution in [1.82, 2.24) is 5.32 Å². The van der Waals surface area contributed by atoms with Gasteiger partial charge in [-0.2, -0.15) is 0 Å². The van der Waals surface area contributed by atoms with Gasteiger partial charge in [0.2, 0.25) is 0 Å². The second-order valence-electron chi connectivity index (χ2n) is 8.68. The fraction of sp³-hybridized carbons (Fsp3) is 0.269. The number of ether oxygens (including phenoxy) is 1. The van der Waals surface area contributed by atoms with Crippen molar-refractivity contribution in [3.8, 4) is 11.5 Å². The van der Waals surface area contributed by atoms with E-state index in [1.165, 1.54) is 0 Å². The molecule has 0 bridgehead atoms. The number of hydrogen-bond acceptors (Lipinski definition) is 6. The van der Waals surface area contributed by atoms with Gasteiger partial charge in [0.05, 0.1) is 0 Å². The minimum atomic E-state index is -3.70. The number of benzene rings is 3. The molecule has 0 radical (unpaired) electrons. The molecule has 7 nitrogen and oxygen atoms in total. The van der Waals surface area contributed by atoms with Crippen molar-refractivity contribution < 1.29 is 23.1 Å². The van der Waals surface area contributed by atoms with E-state index in [1.807, 2.05) is 48.5 Å². The molecule has 180 valence electrons. The smallest absolute Gasteiger partial charge is 0.444 e. The minimum absolute atomic E-state index is 0.375. The molecule has 0 heterocycles. The molecule has 0 saturated carbocycles. The zero-order chi connectivity index (χ0) is 24.6. The summed E-state index contributed by atoms with van der Waals surface area (Å²) in [5.74, 6) is 0.287. The van der Waals surface area contributed by atoms with Gasteiger partial charge >= 0.3 is 13.7 Å². The Morgan fingerprint density at radius 2 is 1.35 bits per heavy atom. The predicted molar refractivity (Wildman–Crippen MR) is 135 cm³/mol. The third kappa shape index (κ3) is 7.65. The van der Waals surface area contributed by atoms with Crippen LogP contribution in [0.5, 0.6) is 11.5 Å². The number of anilines is 1. The molecular formula is C26H31N2O5P. The highest BCUT2D eigenvalue weighted by atomic mass is 31.2. The van der Waals surface area contributed by atoms with Crippen LogP contribution in [0.4, 0.5) is 10.5 Å². The summed E-state index contributed by atoms with van der Waals surface area (Å²) < 4.78 is 31.2. The molecule has 34 heavy (non-hydrogen) atoms. The lowest BCUT2D eigenvalue weighted by Crippen LogP contribution is -2.31. The summed E-state index contributed by atoms with van der Waals surface area (Å²) in [5.41, 5.74) is 0.911. The summed E-state index contributed by atoms with van der Waals surface area (Å²) in [5, 5.41) is 5.81. The van der Waals surface area contributed by atoms with Gasteiger partial charge in [0.15, 0.2) is 0 Å². The zero-order valence-electron chi connectivity index (χ0n) is 19.9. The Hall–Kier alpha value is -3.28. The average molecular weight is 483 g/mol. The lowest BCUT2D eigenvalue weighted by molar-refractivity contribution is 0.0636. The van der Waals surface area contributed by atoms with Crippen molar-refractivity contribution >= 4 is 19.4 Å². The monoisotopic (exact) mass is 482 g/mol. The molecule has 8 heteroatoms. The first-order valence-corrected chi connectivity index (χ1v) is 12.6. The van der Waals surface area contributed by atoms with E-state index in [0.29, 0.717) is 23.6 Å². The van der Waals surface area contributed by atoms with E-state index in [0.717, 1.165) is 5.56 Å². The summed E-state index contributed by atoms with van der Waals surface area (Å²) in [6.45, 7) is 5.42. The molecule has 0 aliphatic heterocycles. The first-order valence-electron chi connectivity index (χ1n) is 11.0. The van der Waals surface area contributed by atoms with Crippen LogP contribution in [-0.2, 0) is 15.7 Å². The zero-order valence-corrected chi connectivity index (χ0v) is 20.8. The lowest BCUT2D eigenvalue weighted by atomic mass is 10.1. The lowest BCUT2D eigenvalue weighted by Gasteiger charge is -2.27. The van der Waals surface area contributed by atoms with Gasteiger partial charge in [-0.1, -0.05) is 48.5 Å². The van der Waals surface area contributed by atoms with Crippen LogP contribution in [-0.4, -0.2) is 24.5 Å². The van der Waals surface area contributed by atoms with Crippen LogP contribution in [0.1, 0.15) is 26.3 Å². The largest absolute Gasteiger partial charge is 0.447 e. The molecule has 0 aliphatic carbocycles. The molecule has 0 saturated heterocycles. The molecule has 3 rings (SSSR count). The topological polar surface area (TPSA) is 85.9 Å². The number of carbonyl (C=O) groups is 1. The third-order valence-corrected chi connectivity index (χ3v) is 6.83. The number of rotatable bonds is 9. The molecule has 1 amide bonds. The summed E-state index contributed by atoms with van der Waals surface area (Å²) >= 11 is 0. The van der Waals surface area contributed by atoms with E-state index in [4.69, 9.17) is 13.8 Å². The minimum Gasteiger partial charge on any atom is -0.444 e. The second-order valence-corrected chi connectivity index (χ2v) is 10.7. The van der Waals surface area contributed by atoms with Gasteiger partial charge < -0.3 is 19.1 Å². The molecule has 0 aromatic heterocycles. The van der Waals surface area contributed by atoms with Gasteiger partial charge in [0.25, 0.3) is 0 Å². The quantitative estimate of drug-likeness (QED) is 0.340. The Bertz CT molecular complexity index is 1050. The number of likely N-dealkylation sites (N-methyl/N-ethyl adjacent to an activating group) is 1. The molecule has 2 N–H and O–H groups in total. The summed E-state index contributed by atoms with van der Waals surface area (Å²) in [7, 11) is -1.98.